The van der Waals surface area contributed by atoms with E-state index < -0.39 is 0 Å². The average Bonchev–Trinajstić information content (AvgIpc) is 2.41. The summed E-state index contributed by atoms with van der Waals surface area (Å²) in [6.07, 6.45) is 8.59. The van der Waals surface area contributed by atoms with Gasteiger partial charge in [-0.25, -0.2) is 0 Å². The fourth-order valence-corrected chi connectivity index (χ4v) is 2.38. The van der Waals surface area contributed by atoms with E-state index in [0.717, 1.165) is 6.54 Å². The Bertz CT molecular complexity index is 414. The van der Waals surface area contributed by atoms with Crippen molar-refractivity contribution in [2.24, 2.45) is 5.92 Å². The number of rotatable bonds is 6. The zero-order valence-corrected chi connectivity index (χ0v) is 12.9. The molecule has 0 radical (unpaired) electrons. The fraction of sp³-hybridized carbons (Fsp3) is 0.444. The van der Waals surface area contributed by atoms with Gasteiger partial charge in [-0.05, 0) is 38.9 Å². The molecule has 0 aliphatic heterocycles. The summed E-state index contributed by atoms with van der Waals surface area (Å²) >= 11 is 0. The lowest BCUT2D eigenvalue weighted by Crippen LogP contribution is -2.28. The predicted molar refractivity (Wildman–Crippen MR) is 85.3 cm³/mol. The third-order valence-corrected chi connectivity index (χ3v) is 3.61. The molecule has 0 saturated carbocycles. The molecule has 1 aromatic carbocycles. The average molecular weight is 257 g/mol. The summed E-state index contributed by atoms with van der Waals surface area (Å²) in [5, 5.41) is 0. The number of allylic oxidation sites excluding steroid dienone is 3. The van der Waals surface area contributed by atoms with Crippen molar-refractivity contribution < 1.29 is 0 Å². The molecule has 0 fully saturated rings. The summed E-state index contributed by atoms with van der Waals surface area (Å²) < 4.78 is 0. The van der Waals surface area contributed by atoms with Gasteiger partial charge in [0.25, 0.3) is 0 Å². The number of benzene rings is 1. The van der Waals surface area contributed by atoms with E-state index in [0.29, 0.717) is 12.0 Å². The molecule has 0 amide bonds. The minimum atomic E-state index is 0.437. The second-order valence-corrected chi connectivity index (χ2v) is 5.20. The van der Waals surface area contributed by atoms with Gasteiger partial charge < -0.3 is 0 Å². The van der Waals surface area contributed by atoms with Gasteiger partial charge in [0.1, 0.15) is 0 Å². The van der Waals surface area contributed by atoms with Gasteiger partial charge in [-0.15, -0.1) is 0 Å². The molecular weight excluding hydrogens is 230 g/mol. The highest BCUT2D eigenvalue weighted by Crippen LogP contribution is 2.28. The summed E-state index contributed by atoms with van der Waals surface area (Å²) in [5.74, 6) is 0.490. The monoisotopic (exact) mass is 257 g/mol. The molecule has 0 N–H and O–H groups in total. The van der Waals surface area contributed by atoms with Crippen LogP contribution in [0.2, 0.25) is 0 Å². The van der Waals surface area contributed by atoms with Crippen molar-refractivity contribution in [3.8, 4) is 0 Å². The van der Waals surface area contributed by atoms with Crippen LogP contribution >= 0.6 is 0 Å². The van der Waals surface area contributed by atoms with Crippen molar-refractivity contribution in [1.82, 2.24) is 4.90 Å². The Morgan fingerprint density at radius 3 is 2.32 bits per heavy atom. The lowest BCUT2D eigenvalue weighted by molar-refractivity contribution is 0.217. The van der Waals surface area contributed by atoms with Gasteiger partial charge in [0, 0.05) is 6.04 Å². The Balaban J connectivity index is 2.97. The van der Waals surface area contributed by atoms with Gasteiger partial charge in [0.15, 0.2) is 0 Å². The van der Waals surface area contributed by atoms with Crippen molar-refractivity contribution in [1.29, 1.82) is 0 Å². The summed E-state index contributed by atoms with van der Waals surface area (Å²) in [6, 6.07) is 9.35. The fourth-order valence-electron chi connectivity index (χ4n) is 2.38. The minimum Gasteiger partial charge on any atom is -0.299 e. The molecule has 0 aromatic heterocycles. The van der Waals surface area contributed by atoms with Gasteiger partial charge in [-0.1, -0.05) is 68.0 Å². The van der Waals surface area contributed by atoms with Gasteiger partial charge in [-0.2, -0.15) is 0 Å². The maximum absolute atomic E-state index is 2.41. The molecule has 1 nitrogen and oxygen atoms in total. The molecule has 104 valence electrons. The molecule has 0 bridgehead atoms. The Kier molecular flexibility index (Phi) is 6.58. The molecule has 0 aliphatic carbocycles. The molecule has 19 heavy (non-hydrogen) atoms. The van der Waals surface area contributed by atoms with Gasteiger partial charge in [0.05, 0.1) is 0 Å². The van der Waals surface area contributed by atoms with Crippen LogP contribution in [0.3, 0.4) is 0 Å². The first-order valence-corrected chi connectivity index (χ1v) is 7.16. The molecule has 2 unspecified atom stereocenters. The quantitative estimate of drug-likeness (QED) is 0.664. The summed E-state index contributed by atoms with van der Waals surface area (Å²) in [5.41, 5.74) is 2.71. The lowest BCUT2D eigenvalue weighted by atomic mass is 9.92. The largest absolute Gasteiger partial charge is 0.299 e. The van der Waals surface area contributed by atoms with Crippen LogP contribution in [-0.4, -0.2) is 18.5 Å². The maximum Gasteiger partial charge on any atom is 0.0405 e. The van der Waals surface area contributed by atoms with Crippen LogP contribution in [-0.2, 0) is 0 Å². The second-order valence-electron chi connectivity index (χ2n) is 5.20. The first-order chi connectivity index (χ1) is 9.10. The number of aryl methyl sites for hydroxylation is 1. The standard InChI is InChI=1S/C18H27N/c1-6-8-9-10-16(4)18(19(5)7-2)17-13-11-15(3)12-14-17/h6,8-14,16,18H,7H2,1-5H3/b8-6-,10-9-. The van der Waals surface area contributed by atoms with Crippen molar-refractivity contribution in [2.45, 2.75) is 33.7 Å². The maximum atomic E-state index is 2.41. The van der Waals surface area contributed by atoms with E-state index in [2.05, 4.69) is 81.3 Å². The van der Waals surface area contributed by atoms with Crippen LogP contribution in [0, 0.1) is 12.8 Å². The molecule has 1 aromatic rings. The van der Waals surface area contributed by atoms with Crippen molar-refractivity contribution in [3.63, 3.8) is 0 Å². The Morgan fingerprint density at radius 2 is 1.79 bits per heavy atom. The number of nitrogens with zero attached hydrogens (tertiary/aromatic N) is 1. The zero-order valence-electron chi connectivity index (χ0n) is 12.9. The Labute approximate surface area is 118 Å². The van der Waals surface area contributed by atoms with Gasteiger partial charge >= 0.3 is 0 Å². The molecule has 0 heterocycles. The molecule has 1 rings (SSSR count). The van der Waals surface area contributed by atoms with Crippen LogP contribution in [0.4, 0.5) is 0 Å². The molecule has 0 saturated heterocycles. The number of hydrogen-bond donors (Lipinski definition) is 0. The summed E-state index contributed by atoms with van der Waals surface area (Å²) in [6.45, 7) is 9.74. The van der Waals surface area contributed by atoms with Gasteiger partial charge in [-0.3, -0.25) is 4.90 Å². The van der Waals surface area contributed by atoms with Crippen LogP contribution in [0.25, 0.3) is 0 Å². The third-order valence-electron chi connectivity index (χ3n) is 3.61. The van der Waals surface area contributed by atoms with Gasteiger partial charge in [0.2, 0.25) is 0 Å². The first kappa shape index (κ1) is 15.7. The van der Waals surface area contributed by atoms with Crippen LogP contribution in [0.15, 0.2) is 48.6 Å². The normalized spacial score (nSPS) is 15.5. The SMILES string of the molecule is C/C=C\C=C/C(C)C(c1ccc(C)cc1)N(C)CC. The minimum absolute atomic E-state index is 0.437. The van der Waals surface area contributed by atoms with E-state index in [1.165, 1.54) is 11.1 Å². The zero-order chi connectivity index (χ0) is 14.3. The summed E-state index contributed by atoms with van der Waals surface area (Å²) in [4.78, 5) is 2.41. The van der Waals surface area contributed by atoms with Crippen molar-refractivity contribution in [3.05, 3.63) is 59.7 Å². The lowest BCUT2D eigenvalue weighted by Gasteiger charge is -2.31. The van der Waals surface area contributed by atoms with Crippen LogP contribution in [0.1, 0.15) is 37.9 Å². The topological polar surface area (TPSA) is 3.24 Å². The Hall–Kier alpha value is -1.34. The second kappa shape index (κ2) is 7.96. The molecular formula is C18H27N. The molecule has 2 atom stereocenters. The molecule has 0 spiro atoms. The van der Waals surface area contributed by atoms with E-state index in [9.17, 15) is 0 Å². The molecule has 1 heteroatoms. The predicted octanol–water partition coefficient (Wildman–Crippen LogP) is 4.76. The number of hydrogen-bond acceptors (Lipinski definition) is 1. The Morgan fingerprint density at radius 1 is 1.16 bits per heavy atom. The van der Waals surface area contributed by atoms with E-state index in [-0.39, 0.29) is 0 Å². The first-order valence-electron chi connectivity index (χ1n) is 7.16. The van der Waals surface area contributed by atoms with E-state index >= 15 is 0 Å². The third kappa shape index (κ3) is 4.68. The summed E-state index contributed by atoms with van der Waals surface area (Å²) in [7, 11) is 2.20. The van der Waals surface area contributed by atoms with E-state index in [4.69, 9.17) is 0 Å². The van der Waals surface area contributed by atoms with Crippen molar-refractivity contribution in [2.75, 3.05) is 13.6 Å². The van der Waals surface area contributed by atoms with E-state index in [1.54, 1.807) is 0 Å². The highest BCUT2D eigenvalue weighted by atomic mass is 15.1. The van der Waals surface area contributed by atoms with Crippen LogP contribution in [0.5, 0.6) is 0 Å². The highest BCUT2D eigenvalue weighted by Gasteiger charge is 2.20. The molecule has 0 aliphatic rings. The van der Waals surface area contributed by atoms with Crippen molar-refractivity contribution >= 4 is 0 Å². The van der Waals surface area contributed by atoms with E-state index in [1.807, 2.05) is 6.92 Å². The highest BCUT2D eigenvalue weighted by molar-refractivity contribution is 5.25. The van der Waals surface area contributed by atoms with Crippen LogP contribution < -0.4 is 0 Å². The smallest absolute Gasteiger partial charge is 0.0405 e.